The summed E-state index contributed by atoms with van der Waals surface area (Å²) in [6, 6.07) is 12.5. The molecule has 0 atom stereocenters. The number of likely N-dealkylation sites (N-methyl/N-ethyl adjacent to an activating group) is 1. The summed E-state index contributed by atoms with van der Waals surface area (Å²) in [6.45, 7) is 1.96. The summed E-state index contributed by atoms with van der Waals surface area (Å²) in [5.74, 6) is -0.161. The predicted molar refractivity (Wildman–Crippen MR) is 104 cm³/mol. The average Bonchev–Trinajstić information content (AvgIpc) is 3.18. The van der Waals surface area contributed by atoms with E-state index in [0.29, 0.717) is 12.0 Å². The minimum Gasteiger partial charge on any atom is -0.465 e. The lowest BCUT2D eigenvalue weighted by atomic mass is 9.99. The number of aromatic nitrogens is 2. The zero-order valence-electron chi connectivity index (χ0n) is 16.4. The summed E-state index contributed by atoms with van der Waals surface area (Å²) in [4.78, 5) is 13.1. The number of esters is 1. The zero-order valence-corrected chi connectivity index (χ0v) is 16.4. The van der Waals surface area contributed by atoms with Crippen LogP contribution in [0, 0.1) is 0 Å². The number of anilines is 1. The third kappa shape index (κ3) is 5.16. The van der Waals surface area contributed by atoms with Gasteiger partial charge in [0.05, 0.1) is 12.2 Å². The molecule has 158 valence electrons. The lowest BCUT2D eigenvalue weighted by Gasteiger charge is -2.12. The second-order valence-electron chi connectivity index (χ2n) is 6.58. The van der Waals surface area contributed by atoms with Gasteiger partial charge in [-0.2, -0.15) is 13.2 Å². The summed E-state index contributed by atoms with van der Waals surface area (Å²) in [5, 5.41) is 8.02. The van der Waals surface area contributed by atoms with Gasteiger partial charge in [-0.3, -0.25) is 4.79 Å². The van der Waals surface area contributed by atoms with Crippen molar-refractivity contribution in [1.82, 2.24) is 10.2 Å². The van der Waals surface area contributed by atoms with E-state index in [9.17, 15) is 18.0 Å². The molecular weight excluding hydrogens is 399 g/mol. The van der Waals surface area contributed by atoms with Gasteiger partial charge in [-0.25, -0.2) is 0 Å². The standard InChI is InChI=1S/C21H20F3N3O3/c1-3-29-18(28)13-27(2)20-26-25-19(30-20)17-7-5-4-6-15(17)12-14-8-10-16(11-9-14)21(22,23)24/h4-11H,3,12-13H2,1-2H3. The van der Waals surface area contributed by atoms with E-state index in [1.807, 2.05) is 12.1 Å². The van der Waals surface area contributed by atoms with Gasteiger partial charge in [-0.05, 0) is 42.7 Å². The maximum absolute atomic E-state index is 12.8. The fourth-order valence-electron chi connectivity index (χ4n) is 2.86. The molecule has 2 aromatic carbocycles. The smallest absolute Gasteiger partial charge is 0.416 e. The Balaban J connectivity index is 1.79. The summed E-state index contributed by atoms with van der Waals surface area (Å²) < 4.78 is 48.9. The highest BCUT2D eigenvalue weighted by Gasteiger charge is 2.30. The predicted octanol–water partition coefficient (Wildman–Crippen LogP) is 4.35. The quantitative estimate of drug-likeness (QED) is 0.531. The lowest BCUT2D eigenvalue weighted by Crippen LogP contribution is -2.27. The van der Waals surface area contributed by atoms with Crippen LogP contribution < -0.4 is 4.90 Å². The molecule has 0 aliphatic carbocycles. The first-order valence-corrected chi connectivity index (χ1v) is 9.22. The Morgan fingerprint density at radius 3 is 2.47 bits per heavy atom. The first-order chi connectivity index (χ1) is 14.3. The molecule has 3 aromatic rings. The summed E-state index contributed by atoms with van der Waals surface area (Å²) in [5.41, 5.74) is 1.52. The number of alkyl halides is 3. The fourth-order valence-corrected chi connectivity index (χ4v) is 2.86. The van der Waals surface area contributed by atoms with Crippen LogP contribution in [0.5, 0.6) is 0 Å². The number of carbonyl (C=O) groups excluding carboxylic acids is 1. The molecule has 1 heterocycles. The number of ether oxygens (including phenoxy) is 1. The molecule has 30 heavy (non-hydrogen) atoms. The van der Waals surface area contributed by atoms with Crippen molar-refractivity contribution in [2.45, 2.75) is 19.5 Å². The van der Waals surface area contributed by atoms with E-state index in [2.05, 4.69) is 10.2 Å². The maximum atomic E-state index is 12.8. The molecule has 0 amide bonds. The van der Waals surface area contributed by atoms with Crippen LogP contribution in [0.1, 0.15) is 23.6 Å². The van der Waals surface area contributed by atoms with Gasteiger partial charge in [0.1, 0.15) is 6.54 Å². The first-order valence-electron chi connectivity index (χ1n) is 9.22. The molecule has 1 aromatic heterocycles. The van der Waals surface area contributed by atoms with Crippen LogP contribution in [-0.4, -0.2) is 36.4 Å². The van der Waals surface area contributed by atoms with E-state index in [-0.39, 0.29) is 25.1 Å². The van der Waals surface area contributed by atoms with Crippen LogP contribution in [0.25, 0.3) is 11.5 Å². The Labute approximate surface area is 171 Å². The largest absolute Gasteiger partial charge is 0.465 e. The van der Waals surface area contributed by atoms with Crippen LogP contribution >= 0.6 is 0 Å². The summed E-state index contributed by atoms with van der Waals surface area (Å²) in [6.07, 6.45) is -3.98. The fraction of sp³-hybridized carbons (Fsp3) is 0.286. The van der Waals surface area contributed by atoms with Crippen LogP contribution in [0.4, 0.5) is 19.2 Å². The Morgan fingerprint density at radius 1 is 1.10 bits per heavy atom. The number of hydrogen-bond acceptors (Lipinski definition) is 6. The molecule has 0 saturated carbocycles. The minimum absolute atomic E-state index is 0.0390. The number of hydrogen-bond donors (Lipinski definition) is 0. The number of rotatable bonds is 7. The highest BCUT2D eigenvalue weighted by molar-refractivity contribution is 5.74. The van der Waals surface area contributed by atoms with E-state index in [4.69, 9.17) is 9.15 Å². The molecule has 0 aliphatic rings. The number of nitrogens with zero attached hydrogens (tertiary/aromatic N) is 3. The molecule has 0 fully saturated rings. The van der Waals surface area contributed by atoms with Crippen molar-refractivity contribution in [2.75, 3.05) is 25.1 Å². The van der Waals surface area contributed by atoms with Gasteiger partial charge in [-0.1, -0.05) is 35.4 Å². The molecule has 0 bridgehead atoms. The van der Waals surface area contributed by atoms with Crippen LogP contribution in [0.2, 0.25) is 0 Å². The Bertz CT molecular complexity index is 1000. The number of carbonyl (C=O) groups is 1. The van der Waals surface area contributed by atoms with Crippen molar-refractivity contribution >= 4 is 12.0 Å². The third-order valence-electron chi connectivity index (χ3n) is 4.34. The average molecular weight is 419 g/mol. The lowest BCUT2D eigenvalue weighted by molar-refractivity contribution is -0.141. The van der Waals surface area contributed by atoms with Crippen LogP contribution in [0.15, 0.2) is 52.9 Å². The second-order valence-corrected chi connectivity index (χ2v) is 6.58. The highest BCUT2D eigenvalue weighted by atomic mass is 19.4. The van der Waals surface area contributed by atoms with Crippen molar-refractivity contribution in [3.8, 4) is 11.5 Å². The first kappa shape index (κ1) is 21.4. The normalized spacial score (nSPS) is 11.4. The molecule has 0 radical (unpaired) electrons. The van der Waals surface area contributed by atoms with Gasteiger partial charge in [0.25, 0.3) is 0 Å². The highest BCUT2D eigenvalue weighted by Crippen LogP contribution is 2.30. The third-order valence-corrected chi connectivity index (χ3v) is 4.34. The Kier molecular flexibility index (Phi) is 6.39. The van der Waals surface area contributed by atoms with Gasteiger partial charge < -0.3 is 14.1 Å². The topological polar surface area (TPSA) is 68.5 Å². The van der Waals surface area contributed by atoms with Crippen LogP contribution in [-0.2, 0) is 22.1 Å². The Morgan fingerprint density at radius 2 is 1.80 bits per heavy atom. The van der Waals surface area contributed by atoms with E-state index >= 15 is 0 Å². The second kappa shape index (κ2) is 8.98. The van der Waals surface area contributed by atoms with Crippen molar-refractivity contribution < 1.29 is 27.1 Å². The monoisotopic (exact) mass is 419 g/mol. The van der Waals surface area contributed by atoms with Gasteiger partial charge in [-0.15, -0.1) is 5.10 Å². The van der Waals surface area contributed by atoms with Gasteiger partial charge in [0.2, 0.25) is 5.89 Å². The molecule has 0 spiro atoms. The molecule has 0 N–H and O–H groups in total. The van der Waals surface area contributed by atoms with E-state index < -0.39 is 17.7 Å². The number of halogens is 3. The van der Waals surface area contributed by atoms with Gasteiger partial charge >= 0.3 is 18.2 Å². The van der Waals surface area contributed by atoms with Gasteiger partial charge in [0.15, 0.2) is 0 Å². The molecule has 0 saturated heterocycles. The molecular formula is C21H20F3N3O3. The molecule has 6 nitrogen and oxygen atoms in total. The van der Waals surface area contributed by atoms with Crippen molar-refractivity contribution in [2.24, 2.45) is 0 Å². The Hall–Kier alpha value is -3.36. The van der Waals surface area contributed by atoms with Crippen molar-refractivity contribution in [1.29, 1.82) is 0 Å². The van der Waals surface area contributed by atoms with Crippen LogP contribution in [0.3, 0.4) is 0 Å². The van der Waals surface area contributed by atoms with Gasteiger partial charge in [0, 0.05) is 12.6 Å². The number of benzene rings is 2. The molecule has 3 rings (SSSR count). The summed E-state index contributed by atoms with van der Waals surface area (Å²) in [7, 11) is 1.63. The maximum Gasteiger partial charge on any atom is 0.416 e. The molecule has 9 heteroatoms. The molecule has 0 unspecified atom stereocenters. The summed E-state index contributed by atoms with van der Waals surface area (Å²) >= 11 is 0. The van der Waals surface area contributed by atoms with Crippen molar-refractivity contribution in [3.05, 3.63) is 65.2 Å². The molecule has 0 aliphatic heterocycles. The van der Waals surface area contributed by atoms with E-state index in [1.165, 1.54) is 17.0 Å². The SMILES string of the molecule is CCOC(=O)CN(C)c1nnc(-c2ccccc2Cc2ccc(C(F)(F)F)cc2)o1. The van der Waals surface area contributed by atoms with E-state index in [0.717, 1.165) is 23.3 Å². The zero-order chi connectivity index (χ0) is 21.7. The van der Waals surface area contributed by atoms with Crippen molar-refractivity contribution in [3.63, 3.8) is 0 Å². The van der Waals surface area contributed by atoms with E-state index in [1.54, 1.807) is 26.1 Å². The minimum atomic E-state index is -4.37.